The molecule has 3 nitrogen and oxygen atoms in total. The van der Waals surface area contributed by atoms with Crippen molar-refractivity contribution >= 4 is 5.65 Å². The molecule has 0 saturated heterocycles. The van der Waals surface area contributed by atoms with E-state index in [1.165, 1.54) is 5.56 Å². The maximum absolute atomic E-state index is 9.33. The van der Waals surface area contributed by atoms with Crippen molar-refractivity contribution < 1.29 is 0 Å². The summed E-state index contributed by atoms with van der Waals surface area (Å²) in [7, 11) is 0. The highest BCUT2D eigenvalue weighted by atomic mass is 15.0. The van der Waals surface area contributed by atoms with Gasteiger partial charge in [0.25, 0.3) is 0 Å². The maximum Gasteiger partial charge on any atom is 0.137 e. The lowest BCUT2D eigenvalue weighted by Crippen LogP contribution is -1.98. The summed E-state index contributed by atoms with van der Waals surface area (Å²) in [4.78, 5) is 4.72. The SMILES string of the molecule is CCc1ccc(-c2nc3ccccn3c2C(C)C#N)cc1. The molecule has 1 aromatic carbocycles. The second-order valence-electron chi connectivity index (χ2n) is 5.18. The summed E-state index contributed by atoms with van der Waals surface area (Å²) >= 11 is 0. The first-order valence-corrected chi connectivity index (χ1v) is 7.20. The van der Waals surface area contributed by atoms with Gasteiger partial charge in [0.2, 0.25) is 0 Å². The van der Waals surface area contributed by atoms with E-state index in [0.29, 0.717) is 0 Å². The van der Waals surface area contributed by atoms with Gasteiger partial charge < -0.3 is 4.40 Å². The number of hydrogen-bond acceptors (Lipinski definition) is 2. The Kier molecular flexibility index (Phi) is 3.45. The Labute approximate surface area is 124 Å². The molecule has 3 aromatic rings. The Balaban J connectivity index is 2.23. The summed E-state index contributed by atoms with van der Waals surface area (Å²) in [5.41, 5.74) is 5.10. The predicted octanol–water partition coefficient (Wildman–Crippen LogP) is 4.19. The van der Waals surface area contributed by atoms with Crippen molar-refractivity contribution in [3.63, 3.8) is 0 Å². The lowest BCUT2D eigenvalue weighted by molar-refractivity contribution is 0.900. The van der Waals surface area contributed by atoms with Gasteiger partial charge in [0, 0.05) is 11.8 Å². The number of nitrogens with zero attached hydrogens (tertiary/aromatic N) is 3. The molecular weight excluding hydrogens is 258 g/mol. The van der Waals surface area contributed by atoms with Crippen LogP contribution >= 0.6 is 0 Å². The van der Waals surface area contributed by atoms with Crippen molar-refractivity contribution in [3.8, 4) is 17.3 Å². The minimum atomic E-state index is -0.205. The van der Waals surface area contributed by atoms with Crippen molar-refractivity contribution in [2.45, 2.75) is 26.2 Å². The standard InChI is InChI=1S/C18H17N3/c1-3-14-7-9-15(10-8-14)17-18(13(2)12-19)21-11-5-4-6-16(21)20-17/h4-11,13H,3H2,1-2H3. The van der Waals surface area contributed by atoms with Gasteiger partial charge in [-0.1, -0.05) is 37.3 Å². The zero-order valence-electron chi connectivity index (χ0n) is 12.2. The molecule has 0 bridgehead atoms. The molecule has 0 N–H and O–H groups in total. The van der Waals surface area contributed by atoms with Gasteiger partial charge in [0.15, 0.2) is 0 Å². The van der Waals surface area contributed by atoms with Crippen molar-refractivity contribution in [2.24, 2.45) is 0 Å². The minimum absolute atomic E-state index is 0.205. The largest absolute Gasteiger partial charge is 0.302 e. The van der Waals surface area contributed by atoms with Crippen LogP contribution < -0.4 is 0 Å². The van der Waals surface area contributed by atoms with Gasteiger partial charge in [-0.15, -0.1) is 0 Å². The molecule has 0 aliphatic heterocycles. The summed E-state index contributed by atoms with van der Waals surface area (Å²) in [6, 6.07) is 16.7. The number of nitriles is 1. The molecule has 1 atom stereocenters. The predicted molar refractivity (Wildman–Crippen MR) is 84.0 cm³/mol. The number of rotatable bonds is 3. The zero-order valence-corrected chi connectivity index (χ0v) is 12.2. The van der Waals surface area contributed by atoms with Crippen molar-refractivity contribution in [3.05, 3.63) is 59.9 Å². The Morgan fingerprint density at radius 3 is 2.62 bits per heavy atom. The van der Waals surface area contributed by atoms with E-state index in [2.05, 4.69) is 37.3 Å². The van der Waals surface area contributed by atoms with E-state index < -0.39 is 0 Å². The molecule has 21 heavy (non-hydrogen) atoms. The average molecular weight is 275 g/mol. The second kappa shape index (κ2) is 5.41. The number of aryl methyl sites for hydroxylation is 1. The summed E-state index contributed by atoms with van der Waals surface area (Å²) < 4.78 is 2.01. The molecule has 0 amide bonds. The third-order valence-corrected chi connectivity index (χ3v) is 3.81. The van der Waals surface area contributed by atoms with Crippen LogP contribution in [0.5, 0.6) is 0 Å². The molecule has 0 fully saturated rings. The fourth-order valence-corrected chi connectivity index (χ4v) is 2.60. The van der Waals surface area contributed by atoms with Gasteiger partial charge in [0.05, 0.1) is 23.4 Å². The third kappa shape index (κ3) is 2.30. The number of hydrogen-bond donors (Lipinski definition) is 0. The number of imidazole rings is 1. The third-order valence-electron chi connectivity index (χ3n) is 3.81. The van der Waals surface area contributed by atoms with Gasteiger partial charge >= 0.3 is 0 Å². The molecule has 0 aliphatic rings. The monoisotopic (exact) mass is 275 g/mol. The Morgan fingerprint density at radius 2 is 1.95 bits per heavy atom. The van der Waals surface area contributed by atoms with Crippen LogP contribution in [0.1, 0.15) is 31.0 Å². The van der Waals surface area contributed by atoms with E-state index in [0.717, 1.165) is 29.0 Å². The van der Waals surface area contributed by atoms with Crippen LogP contribution in [0, 0.1) is 11.3 Å². The molecular formula is C18H17N3. The molecule has 104 valence electrons. The van der Waals surface area contributed by atoms with E-state index in [9.17, 15) is 5.26 Å². The molecule has 3 heteroatoms. The molecule has 2 heterocycles. The van der Waals surface area contributed by atoms with Gasteiger partial charge in [-0.25, -0.2) is 4.98 Å². The lowest BCUT2D eigenvalue weighted by atomic mass is 10.0. The van der Waals surface area contributed by atoms with Gasteiger partial charge in [-0.05, 0) is 31.0 Å². The topological polar surface area (TPSA) is 41.1 Å². The Morgan fingerprint density at radius 1 is 1.19 bits per heavy atom. The highest BCUT2D eigenvalue weighted by Crippen LogP contribution is 2.30. The van der Waals surface area contributed by atoms with Crippen LogP contribution in [-0.2, 0) is 6.42 Å². The highest BCUT2D eigenvalue weighted by Gasteiger charge is 2.18. The Bertz CT molecular complexity index is 807. The molecule has 3 rings (SSSR count). The van der Waals surface area contributed by atoms with Crippen LogP contribution in [0.3, 0.4) is 0 Å². The molecule has 1 unspecified atom stereocenters. The van der Waals surface area contributed by atoms with Crippen molar-refractivity contribution in [1.82, 2.24) is 9.38 Å². The van der Waals surface area contributed by atoms with Gasteiger partial charge in [-0.2, -0.15) is 5.26 Å². The van der Waals surface area contributed by atoms with Crippen molar-refractivity contribution in [2.75, 3.05) is 0 Å². The van der Waals surface area contributed by atoms with E-state index in [1.807, 2.05) is 35.7 Å². The summed E-state index contributed by atoms with van der Waals surface area (Å²) in [5, 5.41) is 9.33. The fraction of sp³-hybridized carbons (Fsp3) is 0.222. The molecule has 0 radical (unpaired) electrons. The lowest BCUT2D eigenvalue weighted by Gasteiger charge is -2.07. The molecule has 2 aromatic heterocycles. The Hall–Kier alpha value is -2.60. The van der Waals surface area contributed by atoms with Crippen molar-refractivity contribution in [1.29, 1.82) is 5.26 Å². The van der Waals surface area contributed by atoms with Crippen LogP contribution in [0.15, 0.2) is 48.7 Å². The summed E-state index contributed by atoms with van der Waals surface area (Å²) in [6.07, 6.45) is 2.99. The van der Waals surface area contributed by atoms with E-state index in [-0.39, 0.29) is 5.92 Å². The average Bonchev–Trinajstić information content (AvgIpc) is 2.93. The molecule has 0 saturated carbocycles. The smallest absolute Gasteiger partial charge is 0.137 e. The minimum Gasteiger partial charge on any atom is -0.302 e. The van der Waals surface area contributed by atoms with Gasteiger partial charge in [-0.3, -0.25) is 0 Å². The number of aromatic nitrogens is 2. The first-order valence-electron chi connectivity index (χ1n) is 7.20. The highest BCUT2D eigenvalue weighted by molar-refractivity contribution is 5.68. The molecule has 0 spiro atoms. The second-order valence-corrected chi connectivity index (χ2v) is 5.18. The molecule has 0 aliphatic carbocycles. The summed E-state index contributed by atoms with van der Waals surface area (Å²) in [5.74, 6) is -0.205. The quantitative estimate of drug-likeness (QED) is 0.719. The van der Waals surface area contributed by atoms with Crippen LogP contribution in [0.2, 0.25) is 0 Å². The van der Waals surface area contributed by atoms with E-state index in [1.54, 1.807) is 0 Å². The normalized spacial score (nSPS) is 12.2. The van der Waals surface area contributed by atoms with Crippen LogP contribution in [0.4, 0.5) is 0 Å². The number of benzene rings is 1. The van der Waals surface area contributed by atoms with E-state index >= 15 is 0 Å². The van der Waals surface area contributed by atoms with E-state index in [4.69, 9.17) is 4.98 Å². The fourth-order valence-electron chi connectivity index (χ4n) is 2.60. The van der Waals surface area contributed by atoms with Crippen LogP contribution in [0.25, 0.3) is 16.9 Å². The summed E-state index contributed by atoms with van der Waals surface area (Å²) in [6.45, 7) is 4.06. The number of pyridine rings is 1. The zero-order chi connectivity index (χ0) is 14.8. The first-order chi connectivity index (χ1) is 10.2. The van der Waals surface area contributed by atoms with Crippen LogP contribution in [-0.4, -0.2) is 9.38 Å². The first kappa shape index (κ1) is 13.4. The van der Waals surface area contributed by atoms with Gasteiger partial charge in [0.1, 0.15) is 5.65 Å². The number of fused-ring (bicyclic) bond motifs is 1. The maximum atomic E-state index is 9.33.